The van der Waals surface area contributed by atoms with E-state index in [1.165, 1.54) is 0 Å². The number of nitrogens with one attached hydrogen (secondary N) is 2. The van der Waals surface area contributed by atoms with Crippen molar-refractivity contribution in [1.82, 2.24) is 10.6 Å². The molecule has 0 aliphatic carbocycles. The number of unbranched alkanes of at least 4 members (excludes halogenated alkanes) is 1. The maximum atomic E-state index is 11.6. The van der Waals surface area contributed by atoms with E-state index in [9.17, 15) is 14.4 Å². The summed E-state index contributed by atoms with van der Waals surface area (Å²) in [5.41, 5.74) is 0. The number of imide groups is 1. The molecule has 0 bridgehead atoms. The van der Waals surface area contributed by atoms with Gasteiger partial charge < -0.3 is 15.2 Å². The van der Waals surface area contributed by atoms with Crippen LogP contribution in [0.15, 0.2) is 0 Å². The summed E-state index contributed by atoms with van der Waals surface area (Å²) in [6.07, 6.45) is 2.68. The summed E-state index contributed by atoms with van der Waals surface area (Å²) in [5, 5.41) is 13.4. The van der Waals surface area contributed by atoms with Gasteiger partial charge in [-0.25, -0.2) is 4.79 Å². The molecule has 3 amide bonds. The average molecular weight is 286 g/mol. The quantitative estimate of drug-likeness (QED) is 0.632. The van der Waals surface area contributed by atoms with Gasteiger partial charge in [-0.2, -0.15) is 0 Å². The molecule has 0 radical (unpaired) electrons. The minimum absolute atomic E-state index is 0.0264. The third-order valence-corrected chi connectivity index (χ3v) is 3.12. The van der Waals surface area contributed by atoms with E-state index >= 15 is 0 Å². The molecule has 0 aromatic heterocycles. The lowest BCUT2D eigenvalue weighted by Gasteiger charge is -2.27. The van der Waals surface area contributed by atoms with Gasteiger partial charge in [0.15, 0.2) is 0 Å². The molecule has 7 heteroatoms. The van der Waals surface area contributed by atoms with Crippen LogP contribution in [0, 0.1) is 0 Å². The van der Waals surface area contributed by atoms with Crippen molar-refractivity contribution < 1.29 is 24.2 Å². The molecule has 2 atom stereocenters. The second kappa shape index (κ2) is 8.52. The molecular weight excluding hydrogens is 264 g/mol. The number of urea groups is 1. The predicted octanol–water partition coefficient (Wildman–Crippen LogP) is 1.02. The molecule has 0 spiro atoms. The number of carboxylic acid groups (broad SMARTS) is 1. The molecule has 1 rings (SSSR count). The summed E-state index contributed by atoms with van der Waals surface area (Å²) < 4.78 is 5.37. The van der Waals surface area contributed by atoms with E-state index < -0.39 is 12.0 Å². The first kappa shape index (κ1) is 16.4. The Balaban J connectivity index is 2.14. The Morgan fingerprint density at radius 2 is 1.95 bits per heavy atom. The Kier molecular flexibility index (Phi) is 7.00. The van der Waals surface area contributed by atoms with Crippen LogP contribution in [0.3, 0.4) is 0 Å². The summed E-state index contributed by atoms with van der Waals surface area (Å²) in [5.74, 6) is -1.26. The zero-order valence-electron chi connectivity index (χ0n) is 11.7. The van der Waals surface area contributed by atoms with E-state index in [4.69, 9.17) is 9.84 Å². The number of carbonyl (C=O) groups excluding carboxylic acids is 2. The molecule has 0 aromatic carbocycles. The smallest absolute Gasteiger partial charge is 0.321 e. The fourth-order valence-electron chi connectivity index (χ4n) is 2.10. The Hall–Kier alpha value is -1.63. The lowest BCUT2D eigenvalue weighted by Crippen LogP contribution is -2.47. The van der Waals surface area contributed by atoms with Gasteiger partial charge in [0.2, 0.25) is 5.91 Å². The predicted molar refractivity (Wildman–Crippen MR) is 71.2 cm³/mol. The van der Waals surface area contributed by atoms with Crippen LogP contribution in [0.25, 0.3) is 0 Å². The highest BCUT2D eigenvalue weighted by Gasteiger charge is 2.21. The van der Waals surface area contributed by atoms with Crippen molar-refractivity contribution in [3.8, 4) is 0 Å². The number of ether oxygens (including phenoxy) is 1. The number of carboxylic acids is 1. The van der Waals surface area contributed by atoms with Gasteiger partial charge in [-0.05, 0) is 32.6 Å². The minimum atomic E-state index is -0.878. The highest BCUT2D eigenvalue weighted by Crippen LogP contribution is 2.12. The van der Waals surface area contributed by atoms with Gasteiger partial charge in [-0.3, -0.25) is 14.9 Å². The lowest BCUT2D eigenvalue weighted by atomic mass is 10.0. The molecular formula is C13H22N2O5. The average Bonchev–Trinajstić information content (AvgIpc) is 2.34. The third kappa shape index (κ3) is 7.08. The van der Waals surface area contributed by atoms with Crippen molar-refractivity contribution >= 4 is 17.9 Å². The second-order valence-electron chi connectivity index (χ2n) is 5.03. The summed E-state index contributed by atoms with van der Waals surface area (Å²) in [6.45, 7) is 2.55. The Bertz CT molecular complexity index is 359. The number of carbonyl (C=O) groups is 3. The van der Waals surface area contributed by atoms with Gasteiger partial charge in [-0.15, -0.1) is 0 Å². The third-order valence-electron chi connectivity index (χ3n) is 3.12. The van der Waals surface area contributed by atoms with Crippen LogP contribution in [-0.2, 0) is 14.3 Å². The van der Waals surface area contributed by atoms with Crippen LogP contribution in [0.2, 0.25) is 0 Å². The van der Waals surface area contributed by atoms with E-state index in [-0.39, 0.29) is 30.9 Å². The second-order valence-corrected chi connectivity index (χ2v) is 5.03. The fourth-order valence-corrected chi connectivity index (χ4v) is 2.10. The van der Waals surface area contributed by atoms with Crippen LogP contribution in [0.5, 0.6) is 0 Å². The van der Waals surface area contributed by atoms with Crippen LogP contribution in [-0.4, -0.2) is 41.8 Å². The summed E-state index contributed by atoms with van der Waals surface area (Å²) in [6, 6.07) is -0.467. The normalized spacial score (nSPS) is 22.1. The molecule has 3 N–H and O–H groups in total. The Morgan fingerprint density at radius 1 is 1.25 bits per heavy atom. The van der Waals surface area contributed by atoms with Gasteiger partial charge >= 0.3 is 12.0 Å². The highest BCUT2D eigenvalue weighted by molar-refractivity contribution is 5.94. The molecule has 1 aliphatic rings. The van der Waals surface area contributed by atoms with Crippen molar-refractivity contribution in [1.29, 1.82) is 0 Å². The van der Waals surface area contributed by atoms with Crippen LogP contribution in [0.1, 0.15) is 45.4 Å². The minimum Gasteiger partial charge on any atom is -0.481 e. The lowest BCUT2D eigenvalue weighted by molar-refractivity contribution is -0.137. The Morgan fingerprint density at radius 3 is 2.60 bits per heavy atom. The Labute approximate surface area is 118 Å². The monoisotopic (exact) mass is 286 g/mol. The molecule has 0 aromatic rings. The maximum Gasteiger partial charge on any atom is 0.321 e. The van der Waals surface area contributed by atoms with Gasteiger partial charge in [0.1, 0.15) is 0 Å². The molecule has 7 nitrogen and oxygen atoms in total. The highest BCUT2D eigenvalue weighted by atomic mass is 16.5. The molecule has 0 saturated carbocycles. The fraction of sp³-hybridized carbons (Fsp3) is 0.769. The van der Waals surface area contributed by atoms with Crippen molar-refractivity contribution in [3.05, 3.63) is 0 Å². The number of amides is 3. The number of hydrogen-bond acceptors (Lipinski definition) is 4. The van der Waals surface area contributed by atoms with E-state index in [1.54, 1.807) is 0 Å². The molecule has 1 fully saturated rings. The van der Waals surface area contributed by atoms with Crippen molar-refractivity contribution in [2.45, 2.75) is 57.6 Å². The van der Waals surface area contributed by atoms with Crippen LogP contribution in [0.4, 0.5) is 4.79 Å². The molecule has 1 saturated heterocycles. The van der Waals surface area contributed by atoms with Gasteiger partial charge in [-0.1, -0.05) is 0 Å². The number of rotatable bonds is 6. The maximum absolute atomic E-state index is 11.6. The largest absolute Gasteiger partial charge is 0.481 e. The summed E-state index contributed by atoms with van der Waals surface area (Å²) in [7, 11) is 0. The van der Waals surface area contributed by atoms with Crippen LogP contribution < -0.4 is 10.6 Å². The SMILES string of the molecule is CC1CC(NC(=O)NC(=O)CCCCC(=O)O)CCO1. The summed E-state index contributed by atoms with van der Waals surface area (Å²) in [4.78, 5) is 33.3. The van der Waals surface area contributed by atoms with Crippen molar-refractivity contribution in [3.63, 3.8) is 0 Å². The standard InChI is InChI=1S/C13H22N2O5/c1-9-8-10(6-7-20-9)14-13(19)15-11(16)4-2-3-5-12(17)18/h9-10H,2-8H2,1H3,(H,17,18)(H2,14,15,16,19). The molecule has 2 unspecified atom stereocenters. The zero-order chi connectivity index (χ0) is 15.0. The van der Waals surface area contributed by atoms with E-state index in [1.807, 2.05) is 6.92 Å². The number of hydrogen-bond donors (Lipinski definition) is 3. The van der Waals surface area contributed by atoms with Crippen LogP contribution >= 0.6 is 0 Å². The topological polar surface area (TPSA) is 105 Å². The number of aliphatic carboxylic acids is 1. The molecule has 20 heavy (non-hydrogen) atoms. The van der Waals surface area contributed by atoms with Crippen molar-refractivity contribution in [2.24, 2.45) is 0 Å². The van der Waals surface area contributed by atoms with E-state index in [2.05, 4.69) is 10.6 Å². The van der Waals surface area contributed by atoms with Gasteiger partial charge in [0, 0.05) is 25.5 Å². The molecule has 114 valence electrons. The molecule has 1 aliphatic heterocycles. The molecule has 1 heterocycles. The first-order valence-electron chi connectivity index (χ1n) is 6.91. The van der Waals surface area contributed by atoms with E-state index in [0.29, 0.717) is 19.4 Å². The van der Waals surface area contributed by atoms with E-state index in [0.717, 1.165) is 12.8 Å². The first-order chi connectivity index (χ1) is 9.47. The van der Waals surface area contributed by atoms with Gasteiger partial charge in [0.25, 0.3) is 0 Å². The zero-order valence-corrected chi connectivity index (χ0v) is 11.7. The van der Waals surface area contributed by atoms with Crippen molar-refractivity contribution in [2.75, 3.05) is 6.61 Å². The summed E-state index contributed by atoms with van der Waals surface area (Å²) >= 11 is 0. The van der Waals surface area contributed by atoms with Gasteiger partial charge in [0.05, 0.1) is 6.10 Å². The first-order valence-corrected chi connectivity index (χ1v) is 6.91.